The molecule has 2 N–H and O–H groups in total. The van der Waals surface area contributed by atoms with Gasteiger partial charge in [0.1, 0.15) is 0 Å². The lowest BCUT2D eigenvalue weighted by molar-refractivity contribution is 0.102. The van der Waals surface area contributed by atoms with Crippen molar-refractivity contribution in [2.24, 2.45) is 0 Å². The van der Waals surface area contributed by atoms with Crippen LogP contribution < -0.4 is 10.6 Å². The fourth-order valence-corrected chi connectivity index (χ4v) is 2.26. The number of hydrogen-bond acceptors (Lipinski definition) is 4. The molecule has 24 heavy (non-hydrogen) atoms. The SMILES string of the molecule is O=C(Nc1ccccc1)c1ccc(Nc2ccc(Cl)c(Cl)c2)nn1. The first kappa shape index (κ1) is 16.2. The molecule has 0 spiro atoms. The van der Waals surface area contributed by atoms with E-state index in [-0.39, 0.29) is 11.6 Å². The van der Waals surface area contributed by atoms with Gasteiger partial charge in [-0.15, -0.1) is 10.2 Å². The van der Waals surface area contributed by atoms with Crippen molar-refractivity contribution in [1.29, 1.82) is 0 Å². The first-order valence-corrected chi connectivity index (χ1v) is 7.79. The minimum absolute atomic E-state index is 0.221. The van der Waals surface area contributed by atoms with Crippen LogP contribution in [0.4, 0.5) is 17.2 Å². The zero-order chi connectivity index (χ0) is 16.9. The van der Waals surface area contributed by atoms with Gasteiger partial charge < -0.3 is 10.6 Å². The summed E-state index contributed by atoms with van der Waals surface area (Å²) in [6.45, 7) is 0. The van der Waals surface area contributed by atoms with Crippen LogP contribution in [-0.2, 0) is 0 Å². The summed E-state index contributed by atoms with van der Waals surface area (Å²) in [5.74, 6) is 0.166. The van der Waals surface area contributed by atoms with Crippen molar-refractivity contribution < 1.29 is 4.79 Å². The average molecular weight is 359 g/mol. The van der Waals surface area contributed by atoms with Crippen molar-refractivity contribution in [2.45, 2.75) is 0 Å². The van der Waals surface area contributed by atoms with Crippen LogP contribution in [0.1, 0.15) is 10.5 Å². The zero-order valence-electron chi connectivity index (χ0n) is 12.3. The molecule has 0 radical (unpaired) electrons. The lowest BCUT2D eigenvalue weighted by Gasteiger charge is -2.07. The van der Waals surface area contributed by atoms with Gasteiger partial charge in [0.2, 0.25) is 0 Å². The maximum atomic E-state index is 12.1. The average Bonchev–Trinajstić information content (AvgIpc) is 2.60. The van der Waals surface area contributed by atoms with Gasteiger partial charge in [0.05, 0.1) is 10.0 Å². The summed E-state index contributed by atoms with van der Waals surface area (Å²) in [6, 6.07) is 17.5. The molecule has 0 aliphatic carbocycles. The molecule has 0 atom stereocenters. The Morgan fingerprint density at radius 2 is 1.62 bits per heavy atom. The van der Waals surface area contributed by atoms with E-state index >= 15 is 0 Å². The van der Waals surface area contributed by atoms with Crippen molar-refractivity contribution in [1.82, 2.24) is 10.2 Å². The Morgan fingerprint density at radius 1 is 0.833 bits per heavy atom. The normalized spacial score (nSPS) is 10.2. The van der Waals surface area contributed by atoms with E-state index in [2.05, 4.69) is 20.8 Å². The molecule has 1 amide bonds. The second-order valence-electron chi connectivity index (χ2n) is 4.88. The molecule has 0 aliphatic heterocycles. The molecule has 0 aliphatic rings. The van der Waals surface area contributed by atoms with E-state index in [1.807, 2.05) is 18.2 Å². The third-order valence-corrected chi connectivity index (χ3v) is 3.86. The van der Waals surface area contributed by atoms with Gasteiger partial charge in [-0.3, -0.25) is 4.79 Å². The Balaban J connectivity index is 1.68. The number of nitrogens with one attached hydrogen (secondary N) is 2. The van der Waals surface area contributed by atoms with E-state index in [0.29, 0.717) is 21.6 Å². The molecule has 0 fully saturated rings. The maximum absolute atomic E-state index is 12.1. The summed E-state index contributed by atoms with van der Waals surface area (Å²) < 4.78 is 0. The molecule has 0 saturated carbocycles. The molecular formula is C17H12Cl2N4O. The van der Waals surface area contributed by atoms with Crippen LogP contribution in [0.25, 0.3) is 0 Å². The van der Waals surface area contributed by atoms with Crippen LogP contribution in [0.15, 0.2) is 60.7 Å². The van der Waals surface area contributed by atoms with Crippen molar-refractivity contribution in [3.05, 3.63) is 76.4 Å². The van der Waals surface area contributed by atoms with Crippen molar-refractivity contribution in [3.8, 4) is 0 Å². The van der Waals surface area contributed by atoms with Gasteiger partial charge >= 0.3 is 0 Å². The number of halogens is 2. The highest BCUT2D eigenvalue weighted by Gasteiger charge is 2.09. The van der Waals surface area contributed by atoms with E-state index in [1.54, 1.807) is 42.5 Å². The van der Waals surface area contributed by atoms with E-state index in [4.69, 9.17) is 23.2 Å². The Morgan fingerprint density at radius 3 is 2.29 bits per heavy atom. The van der Waals surface area contributed by atoms with Crippen LogP contribution in [0.5, 0.6) is 0 Å². The molecule has 1 aromatic heterocycles. The Bertz CT molecular complexity index is 854. The van der Waals surface area contributed by atoms with Crippen LogP contribution in [-0.4, -0.2) is 16.1 Å². The summed E-state index contributed by atoms with van der Waals surface area (Å²) in [6.07, 6.45) is 0. The first-order chi connectivity index (χ1) is 11.6. The second-order valence-corrected chi connectivity index (χ2v) is 5.69. The van der Waals surface area contributed by atoms with E-state index < -0.39 is 0 Å². The number of benzene rings is 2. The smallest absolute Gasteiger partial charge is 0.276 e. The van der Waals surface area contributed by atoms with E-state index in [9.17, 15) is 4.79 Å². The predicted octanol–water partition coefficient (Wildman–Crippen LogP) is 4.78. The number of rotatable bonds is 4. The van der Waals surface area contributed by atoms with Crippen molar-refractivity contribution in [2.75, 3.05) is 10.6 Å². The number of anilines is 3. The lowest BCUT2D eigenvalue weighted by Crippen LogP contribution is -2.14. The standard InChI is InChI=1S/C17H12Cl2N4O/c18-13-7-6-12(10-14(13)19)20-16-9-8-15(22-23-16)17(24)21-11-4-2-1-3-5-11/h1-10H,(H,20,23)(H,21,24). The van der Waals surface area contributed by atoms with E-state index in [0.717, 1.165) is 5.69 Å². The highest BCUT2D eigenvalue weighted by atomic mass is 35.5. The largest absolute Gasteiger partial charge is 0.339 e. The molecule has 7 heteroatoms. The summed E-state index contributed by atoms with van der Waals surface area (Å²) in [7, 11) is 0. The number of carbonyl (C=O) groups excluding carboxylic acids is 1. The third kappa shape index (κ3) is 4.01. The molecule has 120 valence electrons. The summed E-state index contributed by atoms with van der Waals surface area (Å²) in [5.41, 5.74) is 1.64. The van der Waals surface area contributed by atoms with Gasteiger partial charge in [-0.2, -0.15) is 0 Å². The van der Waals surface area contributed by atoms with Gasteiger partial charge in [0.25, 0.3) is 5.91 Å². The molecule has 0 bridgehead atoms. The van der Waals surface area contributed by atoms with Crippen LogP contribution in [0.3, 0.4) is 0 Å². The topological polar surface area (TPSA) is 66.9 Å². The molecule has 0 saturated heterocycles. The summed E-state index contributed by atoms with van der Waals surface area (Å²) in [5, 5.41) is 14.6. The Kier molecular flexibility index (Phi) is 4.93. The van der Waals surface area contributed by atoms with Gasteiger partial charge in [-0.05, 0) is 42.5 Å². The second kappa shape index (κ2) is 7.29. The highest BCUT2D eigenvalue weighted by molar-refractivity contribution is 6.42. The maximum Gasteiger partial charge on any atom is 0.276 e. The Hall–Kier alpha value is -2.63. The molecule has 0 unspecified atom stereocenters. The number of para-hydroxylation sites is 1. The molecular weight excluding hydrogens is 347 g/mol. The minimum Gasteiger partial charge on any atom is -0.339 e. The predicted molar refractivity (Wildman–Crippen MR) is 96.2 cm³/mol. The molecule has 3 aromatic rings. The van der Waals surface area contributed by atoms with Gasteiger partial charge in [-0.1, -0.05) is 41.4 Å². The Labute approximate surface area is 148 Å². The van der Waals surface area contributed by atoms with Gasteiger partial charge in [0, 0.05) is 11.4 Å². The number of hydrogen-bond donors (Lipinski definition) is 2. The zero-order valence-corrected chi connectivity index (χ0v) is 13.8. The monoisotopic (exact) mass is 358 g/mol. The summed E-state index contributed by atoms with van der Waals surface area (Å²) in [4.78, 5) is 12.1. The quantitative estimate of drug-likeness (QED) is 0.704. The van der Waals surface area contributed by atoms with Crippen molar-refractivity contribution >= 4 is 46.3 Å². The fraction of sp³-hybridized carbons (Fsp3) is 0. The van der Waals surface area contributed by atoms with Gasteiger partial charge in [0.15, 0.2) is 11.5 Å². The molecule has 1 heterocycles. The first-order valence-electron chi connectivity index (χ1n) is 7.04. The molecule has 2 aromatic carbocycles. The molecule has 3 rings (SSSR count). The van der Waals surface area contributed by atoms with Crippen LogP contribution >= 0.6 is 23.2 Å². The molecule has 5 nitrogen and oxygen atoms in total. The van der Waals surface area contributed by atoms with Crippen molar-refractivity contribution in [3.63, 3.8) is 0 Å². The number of aromatic nitrogens is 2. The number of nitrogens with zero attached hydrogens (tertiary/aromatic N) is 2. The fourth-order valence-electron chi connectivity index (χ4n) is 1.96. The van der Waals surface area contributed by atoms with Crippen LogP contribution in [0.2, 0.25) is 10.0 Å². The van der Waals surface area contributed by atoms with E-state index in [1.165, 1.54) is 0 Å². The number of carbonyl (C=O) groups is 1. The van der Waals surface area contributed by atoms with Crippen LogP contribution in [0, 0.1) is 0 Å². The third-order valence-electron chi connectivity index (χ3n) is 3.12. The lowest BCUT2D eigenvalue weighted by atomic mass is 10.3. The minimum atomic E-state index is -0.324. The van der Waals surface area contributed by atoms with Gasteiger partial charge in [-0.25, -0.2) is 0 Å². The highest BCUT2D eigenvalue weighted by Crippen LogP contribution is 2.26. The summed E-state index contributed by atoms with van der Waals surface area (Å²) >= 11 is 11.8. The number of amides is 1.